The van der Waals surface area contributed by atoms with Gasteiger partial charge < -0.3 is 35.3 Å². The maximum atomic E-state index is 12.4. The van der Waals surface area contributed by atoms with E-state index in [1.54, 1.807) is 18.2 Å². The molecule has 30 heavy (non-hydrogen) atoms. The first-order valence-electron chi connectivity index (χ1n) is 10.6. The lowest BCUT2D eigenvalue weighted by atomic mass is 9.85. The fraction of sp³-hybridized carbons (Fsp3) is 0.619. The van der Waals surface area contributed by atoms with E-state index in [0.717, 1.165) is 25.7 Å². The summed E-state index contributed by atoms with van der Waals surface area (Å²) in [6.45, 7) is 0.564. The van der Waals surface area contributed by atoms with Gasteiger partial charge in [-0.05, 0) is 44.2 Å². The Morgan fingerprint density at radius 1 is 1.10 bits per heavy atom. The number of ether oxygens (including phenoxy) is 3. The highest BCUT2D eigenvalue weighted by Crippen LogP contribution is 2.34. The second-order valence-electron chi connectivity index (χ2n) is 8.04. The van der Waals surface area contributed by atoms with Crippen LogP contribution in [0, 0.1) is 5.92 Å². The number of aliphatic hydroxyl groups excluding tert-OH is 1. The first kappa shape index (κ1) is 20.7. The molecule has 2 aliphatic heterocycles. The summed E-state index contributed by atoms with van der Waals surface area (Å²) < 4.78 is 16.5. The lowest BCUT2D eigenvalue weighted by molar-refractivity contribution is -0.127. The SMILES string of the molecule is O=C(Nc1ccc2c(c1)OCO2)N[C@@H]1CC[C@@H](CCNC(=O)C2CCC2)O[C@H]1CO. The van der Waals surface area contributed by atoms with Gasteiger partial charge in [0.2, 0.25) is 12.7 Å². The molecule has 2 fully saturated rings. The van der Waals surface area contributed by atoms with Crippen molar-refractivity contribution < 1.29 is 28.9 Å². The highest BCUT2D eigenvalue weighted by molar-refractivity contribution is 5.90. The lowest BCUT2D eigenvalue weighted by Crippen LogP contribution is -2.52. The number of urea groups is 1. The Bertz CT molecular complexity index is 769. The minimum atomic E-state index is -0.478. The van der Waals surface area contributed by atoms with E-state index in [-0.39, 0.29) is 43.4 Å². The minimum absolute atomic E-state index is 0.0428. The molecule has 0 unspecified atom stereocenters. The van der Waals surface area contributed by atoms with Crippen LogP contribution in [-0.2, 0) is 9.53 Å². The highest BCUT2D eigenvalue weighted by Gasteiger charge is 2.32. The smallest absolute Gasteiger partial charge is 0.319 e. The van der Waals surface area contributed by atoms with Crippen molar-refractivity contribution in [2.45, 2.75) is 56.8 Å². The number of hydrogen-bond donors (Lipinski definition) is 4. The van der Waals surface area contributed by atoms with Crippen LogP contribution in [0.4, 0.5) is 10.5 Å². The van der Waals surface area contributed by atoms with Gasteiger partial charge in [-0.2, -0.15) is 0 Å². The van der Waals surface area contributed by atoms with Gasteiger partial charge in [0.1, 0.15) is 6.10 Å². The number of carbonyl (C=O) groups is 2. The van der Waals surface area contributed by atoms with E-state index in [0.29, 0.717) is 36.6 Å². The number of anilines is 1. The zero-order valence-electron chi connectivity index (χ0n) is 16.9. The molecular formula is C21H29N3O6. The minimum Gasteiger partial charge on any atom is -0.454 e. The molecule has 1 aliphatic carbocycles. The van der Waals surface area contributed by atoms with Gasteiger partial charge in [0.15, 0.2) is 11.5 Å². The predicted molar refractivity (Wildman–Crippen MR) is 108 cm³/mol. The van der Waals surface area contributed by atoms with Crippen molar-refractivity contribution in [3.8, 4) is 11.5 Å². The predicted octanol–water partition coefficient (Wildman–Crippen LogP) is 1.75. The molecule has 1 saturated heterocycles. The zero-order valence-corrected chi connectivity index (χ0v) is 16.9. The van der Waals surface area contributed by atoms with Gasteiger partial charge in [-0.15, -0.1) is 0 Å². The first-order chi connectivity index (χ1) is 14.6. The van der Waals surface area contributed by atoms with Crippen LogP contribution in [-0.4, -0.2) is 55.2 Å². The van der Waals surface area contributed by atoms with Crippen molar-refractivity contribution in [3.05, 3.63) is 18.2 Å². The van der Waals surface area contributed by atoms with Gasteiger partial charge in [0.25, 0.3) is 0 Å². The third kappa shape index (κ3) is 4.96. The van der Waals surface area contributed by atoms with Crippen molar-refractivity contribution in [2.24, 2.45) is 5.92 Å². The number of rotatable bonds is 7. The Morgan fingerprint density at radius 3 is 2.70 bits per heavy atom. The van der Waals surface area contributed by atoms with Crippen molar-refractivity contribution in [3.63, 3.8) is 0 Å². The number of amides is 3. The van der Waals surface area contributed by atoms with Crippen molar-refractivity contribution in [1.29, 1.82) is 0 Å². The third-order valence-electron chi connectivity index (χ3n) is 5.98. The summed E-state index contributed by atoms with van der Waals surface area (Å²) in [4.78, 5) is 24.3. The van der Waals surface area contributed by atoms with Gasteiger partial charge in [0.05, 0.1) is 18.8 Å². The average molecular weight is 419 g/mol. The number of aliphatic hydroxyl groups is 1. The maximum Gasteiger partial charge on any atom is 0.319 e. The van der Waals surface area contributed by atoms with Crippen molar-refractivity contribution in [2.75, 3.05) is 25.3 Å². The van der Waals surface area contributed by atoms with E-state index in [1.807, 2.05) is 0 Å². The number of nitrogens with one attached hydrogen (secondary N) is 3. The molecule has 164 valence electrons. The molecule has 4 N–H and O–H groups in total. The van der Waals surface area contributed by atoms with E-state index in [4.69, 9.17) is 14.2 Å². The van der Waals surface area contributed by atoms with Crippen molar-refractivity contribution in [1.82, 2.24) is 10.6 Å². The highest BCUT2D eigenvalue weighted by atomic mass is 16.7. The van der Waals surface area contributed by atoms with E-state index >= 15 is 0 Å². The summed E-state index contributed by atoms with van der Waals surface area (Å²) in [6.07, 6.45) is 4.74. The maximum absolute atomic E-state index is 12.4. The Kier molecular flexibility index (Phi) is 6.59. The molecule has 2 heterocycles. The lowest BCUT2D eigenvalue weighted by Gasteiger charge is -2.36. The van der Waals surface area contributed by atoms with Crippen LogP contribution in [0.5, 0.6) is 11.5 Å². The molecule has 0 radical (unpaired) electrons. The van der Waals surface area contributed by atoms with Crippen LogP contribution in [0.25, 0.3) is 0 Å². The molecule has 0 aromatic heterocycles. The van der Waals surface area contributed by atoms with Gasteiger partial charge in [-0.1, -0.05) is 6.42 Å². The van der Waals surface area contributed by atoms with Gasteiger partial charge >= 0.3 is 6.03 Å². The van der Waals surface area contributed by atoms with E-state index in [2.05, 4.69) is 16.0 Å². The van der Waals surface area contributed by atoms with Gasteiger partial charge in [-0.3, -0.25) is 4.79 Å². The largest absolute Gasteiger partial charge is 0.454 e. The number of benzene rings is 1. The average Bonchev–Trinajstić information content (AvgIpc) is 3.15. The van der Waals surface area contributed by atoms with Crippen LogP contribution in [0.15, 0.2) is 18.2 Å². The summed E-state index contributed by atoms with van der Waals surface area (Å²) in [5, 5.41) is 18.3. The van der Waals surface area contributed by atoms with Gasteiger partial charge in [0, 0.05) is 24.2 Å². The standard InChI is InChI=1S/C21H29N3O6/c25-11-19-16(6-5-15(30-19)8-9-22-20(26)13-2-1-3-13)24-21(27)23-14-4-7-17-18(10-14)29-12-28-17/h4,7,10,13,15-16,19,25H,1-3,5-6,8-9,11-12H2,(H,22,26)(H2,23,24,27)/t15-,16+,19-/m0/s1. The molecule has 0 bridgehead atoms. The fourth-order valence-electron chi connectivity index (χ4n) is 3.99. The molecule has 1 saturated carbocycles. The summed E-state index contributed by atoms with van der Waals surface area (Å²) in [6, 6.07) is 4.53. The Morgan fingerprint density at radius 2 is 1.93 bits per heavy atom. The van der Waals surface area contributed by atoms with Crippen LogP contribution >= 0.6 is 0 Å². The monoisotopic (exact) mass is 419 g/mol. The van der Waals surface area contributed by atoms with E-state index in [1.165, 1.54) is 0 Å². The van der Waals surface area contributed by atoms with Crippen LogP contribution in [0.3, 0.4) is 0 Å². The molecular weight excluding hydrogens is 390 g/mol. The summed E-state index contributed by atoms with van der Waals surface area (Å²) in [5.41, 5.74) is 0.592. The summed E-state index contributed by atoms with van der Waals surface area (Å²) in [7, 11) is 0. The summed E-state index contributed by atoms with van der Waals surface area (Å²) >= 11 is 0. The fourth-order valence-corrected chi connectivity index (χ4v) is 3.99. The Labute approximate surface area is 175 Å². The second-order valence-corrected chi connectivity index (χ2v) is 8.04. The van der Waals surface area contributed by atoms with Gasteiger partial charge in [-0.25, -0.2) is 4.79 Å². The second kappa shape index (κ2) is 9.53. The molecule has 1 aromatic rings. The number of fused-ring (bicyclic) bond motifs is 1. The molecule has 4 rings (SSSR count). The quantitative estimate of drug-likeness (QED) is 0.535. The first-order valence-corrected chi connectivity index (χ1v) is 10.6. The van der Waals surface area contributed by atoms with E-state index in [9.17, 15) is 14.7 Å². The third-order valence-corrected chi connectivity index (χ3v) is 5.98. The summed E-state index contributed by atoms with van der Waals surface area (Å²) in [5.74, 6) is 1.56. The molecule has 0 spiro atoms. The number of carbonyl (C=O) groups excluding carboxylic acids is 2. The van der Waals surface area contributed by atoms with Crippen LogP contribution in [0.2, 0.25) is 0 Å². The van der Waals surface area contributed by atoms with E-state index < -0.39 is 6.10 Å². The zero-order chi connectivity index (χ0) is 20.9. The topological polar surface area (TPSA) is 118 Å². The molecule has 3 aliphatic rings. The molecule has 3 atom stereocenters. The molecule has 9 nitrogen and oxygen atoms in total. The number of hydrogen-bond acceptors (Lipinski definition) is 6. The normalized spacial score (nSPS) is 25.3. The van der Waals surface area contributed by atoms with Crippen LogP contribution < -0.4 is 25.4 Å². The molecule has 9 heteroatoms. The van der Waals surface area contributed by atoms with Crippen LogP contribution in [0.1, 0.15) is 38.5 Å². The molecule has 3 amide bonds. The van der Waals surface area contributed by atoms with Crippen molar-refractivity contribution >= 4 is 17.6 Å². The Hall–Kier alpha value is -2.52. The Balaban J connectivity index is 1.21. The molecule has 1 aromatic carbocycles.